The van der Waals surface area contributed by atoms with E-state index in [0.29, 0.717) is 0 Å². The summed E-state index contributed by atoms with van der Waals surface area (Å²) in [5.74, 6) is 0. The fraction of sp³-hybridized carbons (Fsp3) is 0.545. The quantitative estimate of drug-likeness (QED) is 0.818. The van der Waals surface area contributed by atoms with E-state index in [-0.39, 0.29) is 16.9 Å². The lowest BCUT2D eigenvalue weighted by atomic mass is 10.1. The molecular formula is C11H13ClF3N3. The number of aromatic nitrogens is 1. The van der Waals surface area contributed by atoms with Gasteiger partial charge in [0.15, 0.2) is 5.15 Å². The van der Waals surface area contributed by atoms with E-state index in [2.05, 4.69) is 15.6 Å². The molecule has 1 aromatic heterocycles. The molecule has 0 atom stereocenters. The molecule has 0 unspecified atom stereocenters. The number of rotatable bonds is 2. The Morgan fingerprint density at radius 3 is 2.61 bits per heavy atom. The zero-order valence-electron chi connectivity index (χ0n) is 9.52. The molecule has 0 aliphatic carbocycles. The number of pyridine rings is 1. The van der Waals surface area contributed by atoms with Crippen molar-refractivity contribution in [3.63, 3.8) is 0 Å². The summed E-state index contributed by atoms with van der Waals surface area (Å²) in [7, 11) is 0. The molecule has 1 saturated heterocycles. The molecule has 18 heavy (non-hydrogen) atoms. The first-order valence-corrected chi connectivity index (χ1v) is 6.04. The number of hydrogen-bond acceptors (Lipinski definition) is 3. The van der Waals surface area contributed by atoms with E-state index < -0.39 is 11.7 Å². The molecule has 2 N–H and O–H groups in total. The maximum absolute atomic E-state index is 12.6. The largest absolute Gasteiger partial charge is 0.417 e. The van der Waals surface area contributed by atoms with Crippen molar-refractivity contribution >= 4 is 17.3 Å². The van der Waals surface area contributed by atoms with Crippen LogP contribution in [0.1, 0.15) is 18.4 Å². The van der Waals surface area contributed by atoms with Crippen molar-refractivity contribution in [2.45, 2.75) is 25.1 Å². The van der Waals surface area contributed by atoms with Crippen LogP contribution in [0.5, 0.6) is 0 Å². The van der Waals surface area contributed by atoms with Gasteiger partial charge in [-0.3, -0.25) is 0 Å². The average molecular weight is 280 g/mol. The summed E-state index contributed by atoms with van der Waals surface area (Å²) in [6.45, 7) is 1.70. The number of halogens is 4. The smallest absolute Gasteiger partial charge is 0.380 e. The van der Waals surface area contributed by atoms with Crippen LogP contribution in [-0.2, 0) is 6.18 Å². The number of piperidine rings is 1. The molecule has 0 radical (unpaired) electrons. The second-order valence-electron chi connectivity index (χ2n) is 4.23. The number of hydrogen-bond donors (Lipinski definition) is 2. The van der Waals surface area contributed by atoms with E-state index in [9.17, 15) is 13.2 Å². The van der Waals surface area contributed by atoms with Gasteiger partial charge >= 0.3 is 6.18 Å². The molecule has 1 aromatic rings. The lowest BCUT2D eigenvalue weighted by Crippen LogP contribution is -2.35. The Morgan fingerprint density at radius 2 is 2.00 bits per heavy atom. The van der Waals surface area contributed by atoms with E-state index in [1.807, 2.05) is 0 Å². The molecule has 1 fully saturated rings. The van der Waals surface area contributed by atoms with Gasteiger partial charge in [0.25, 0.3) is 0 Å². The highest BCUT2D eigenvalue weighted by molar-refractivity contribution is 6.32. The molecule has 0 aromatic carbocycles. The van der Waals surface area contributed by atoms with Crippen molar-refractivity contribution in [2.24, 2.45) is 0 Å². The van der Waals surface area contributed by atoms with E-state index >= 15 is 0 Å². The van der Waals surface area contributed by atoms with Crippen molar-refractivity contribution in [1.82, 2.24) is 10.3 Å². The molecular weight excluding hydrogens is 267 g/mol. The minimum absolute atomic E-state index is 0.0709. The van der Waals surface area contributed by atoms with E-state index in [1.54, 1.807) is 0 Å². The Hall–Kier alpha value is -1.01. The molecule has 100 valence electrons. The first kappa shape index (κ1) is 13.4. The van der Waals surface area contributed by atoms with Crippen LogP contribution >= 0.6 is 11.6 Å². The van der Waals surface area contributed by atoms with Gasteiger partial charge in [0.05, 0.1) is 11.3 Å². The normalized spacial score (nSPS) is 17.8. The maximum Gasteiger partial charge on any atom is 0.417 e. The highest BCUT2D eigenvalue weighted by atomic mass is 35.5. The molecule has 0 saturated carbocycles. The maximum atomic E-state index is 12.6. The Labute approximate surface area is 108 Å². The first-order valence-electron chi connectivity index (χ1n) is 5.67. The second-order valence-corrected chi connectivity index (χ2v) is 4.59. The highest BCUT2D eigenvalue weighted by Crippen LogP contribution is 2.32. The van der Waals surface area contributed by atoms with Gasteiger partial charge in [0, 0.05) is 12.2 Å². The molecule has 7 heteroatoms. The highest BCUT2D eigenvalue weighted by Gasteiger charge is 2.31. The summed E-state index contributed by atoms with van der Waals surface area (Å²) in [6, 6.07) is 1.14. The molecule has 0 amide bonds. The summed E-state index contributed by atoms with van der Waals surface area (Å²) in [5.41, 5.74) is -0.540. The Bertz CT molecular complexity index is 416. The van der Waals surface area contributed by atoms with Crippen molar-refractivity contribution in [3.8, 4) is 0 Å². The third kappa shape index (κ3) is 3.26. The predicted octanol–water partition coefficient (Wildman–Crippen LogP) is 2.92. The average Bonchev–Trinajstić information content (AvgIpc) is 2.32. The summed E-state index contributed by atoms with van der Waals surface area (Å²) in [5, 5.41) is 6.28. The number of nitrogens with zero attached hydrogens (tertiary/aromatic N) is 1. The zero-order chi connectivity index (χ0) is 13.2. The Balaban J connectivity index is 2.15. The van der Waals surface area contributed by atoms with Gasteiger partial charge in [-0.25, -0.2) is 4.98 Å². The molecule has 1 aliphatic rings. The number of alkyl halides is 3. The minimum atomic E-state index is -4.40. The third-order valence-electron chi connectivity index (χ3n) is 2.87. The molecule has 0 bridgehead atoms. The van der Waals surface area contributed by atoms with Gasteiger partial charge in [-0.05, 0) is 32.0 Å². The molecule has 1 aliphatic heterocycles. The predicted molar refractivity (Wildman–Crippen MR) is 63.8 cm³/mol. The lowest BCUT2D eigenvalue weighted by Gasteiger charge is -2.25. The number of nitrogens with one attached hydrogen (secondary N) is 2. The van der Waals surface area contributed by atoms with Crippen LogP contribution in [-0.4, -0.2) is 24.1 Å². The van der Waals surface area contributed by atoms with Gasteiger partial charge in [-0.2, -0.15) is 13.2 Å². The summed E-state index contributed by atoms with van der Waals surface area (Å²) in [6.07, 6.45) is -1.95. The fourth-order valence-electron chi connectivity index (χ4n) is 1.89. The van der Waals surface area contributed by atoms with Crippen LogP contribution in [0.4, 0.5) is 18.9 Å². The van der Waals surface area contributed by atoms with Gasteiger partial charge in [-0.15, -0.1) is 0 Å². The SMILES string of the molecule is FC(F)(F)c1cnc(Cl)c(NC2CCNCC2)c1. The van der Waals surface area contributed by atoms with Gasteiger partial charge in [-0.1, -0.05) is 11.6 Å². The minimum Gasteiger partial charge on any atom is -0.380 e. The monoisotopic (exact) mass is 279 g/mol. The van der Waals surface area contributed by atoms with Crippen LogP contribution < -0.4 is 10.6 Å². The zero-order valence-corrected chi connectivity index (χ0v) is 10.3. The Morgan fingerprint density at radius 1 is 1.33 bits per heavy atom. The lowest BCUT2D eigenvalue weighted by molar-refractivity contribution is -0.137. The van der Waals surface area contributed by atoms with Crippen LogP contribution in [0.25, 0.3) is 0 Å². The van der Waals surface area contributed by atoms with Crippen molar-refractivity contribution in [3.05, 3.63) is 23.0 Å². The summed E-state index contributed by atoms with van der Waals surface area (Å²) in [4.78, 5) is 3.58. The van der Waals surface area contributed by atoms with Gasteiger partial charge in [0.2, 0.25) is 0 Å². The first-order chi connectivity index (χ1) is 8.47. The van der Waals surface area contributed by atoms with Gasteiger partial charge in [0.1, 0.15) is 0 Å². The van der Waals surface area contributed by atoms with E-state index in [1.165, 1.54) is 0 Å². The van der Waals surface area contributed by atoms with E-state index in [0.717, 1.165) is 38.2 Å². The van der Waals surface area contributed by atoms with Crippen molar-refractivity contribution in [2.75, 3.05) is 18.4 Å². The number of anilines is 1. The molecule has 2 rings (SSSR count). The summed E-state index contributed by atoms with van der Waals surface area (Å²) < 4.78 is 37.7. The second kappa shape index (κ2) is 5.32. The molecule has 3 nitrogen and oxygen atoms in total. The molecule has 2 heterocycles. The summed E-state index contributed by atoms with van der Waals surface area (Å²) >= 11 is 5.81. The standard InChI is InChI=1S/C11H13ClF3N3/c12-10-9(18-8-1-3-16-4-2-8)5-7(6-17-10)11(13,14)15/h5-6,8,16,18H,1-4H2. The van der Waals surface area contributed by atoms with Gasteiger partial charge < -0.3 is 10.6 Å². The van der Waals surface area contributed by atoms with Crippen LogP contribution in [0.3, 0.4) is 0 Å². The van der Waals surface area contributed by atoms with E-state index in [4.69, 9.17) is 11.6 Å². The Kier molecular flexibility index (Phi) is 3.97. The third-order valence-corrected chi connectivity index (χ3v) is 3.17. The van der Waals surface area contributed by atoms with Crippen LogP contribution in [0, 0.1) is 0 Å². The van der Waals surface area contributed by atoms with Crippen molar-refractivity contribution < 1.29 is 13.2 Å². The van der Waals surface area contributed by atoms with Crippen LogP contribution in [0.2, 0.25) is 5.15 Å². The van der Waals surface area contributed by atoms with Crippen molar-refractivity contribution in [1.29, 1.82) is 0 Å². The fourth-order valence-corrected chi connectivity index (χ4v) is 2.05. The molecule has 0 spiro atoms. The topological polar surface area (TPSA) is 37.0 Å². The van der Waals surface area contributed by atoms with Crippen LogP contribution in [0.15, 0.2) is 12.3 Å².